The van der Waals surface area contributed by atoms with E-state index < -0.39 is 23.4 Å². The first-order valence-electron chi connectivity index (χ1n) is 7.90. The zero-order chi connectivity index (χ0) is 18.1. The Morgan fingerprint density at radius 3 is 2.67 bits per heavy atom. The molecule has 2 N–H and O–H groups in total. The van der Waals surface area contributed by atoms with Gasteiger partial charge in [-0.15, -0.1) is 0 Å². The Morgan fingerprint density at radius 2 is 2.12 bits per heavy atom. The lowest BCUT2D eigenvalue weighted by atomic mass is 9.66. The van der Waals surface area contributed by atoms with E-state index in [0.29, 0.717) is 13.0 Å². The van der Waals surface area contributed by atoms with E-state index in [0.717, 1.165) is 11.8 Å². The lowest BCUT2D eigenvalue weighted by Crippen LogP contribution is -2.55. The molecule has 1 heterocycles. The van der Waals surface area contributed by atoms with Crippen LogP contribution in [-0.4, -0.2) is 59.1 Å². The minimum absolute atomic E-state index is 0.0997. The van der Waals surface area contributed by atoms with Crippen LogP contribution in [0.4, 0.5) is 4.79 Å². The molecule has 1 aliphatic carbocycles. The lowest BCUT2D eigenvalue weighted by Gasteiger charge is -2.48. The number of rotatable bonds is 2. The van der Waals surface area contributed by atoms with Crippen LogP contribution in [0.1, 0.15) is 33.6 Å². The average Bonchev–Trinajstić information content (AvgIpc) is 2.51. The molecule has 134 valence electrons. The summed E-state index contributed by atoms with van der Waals surface area (Å²) in [6.07, 6.45) is 1.03. The first-order valence-corrected chi connectivity index (χ1v) is 7.90. The molecule has 0 aromatic rings. The normalized spacial score (nSPS) is 27.5. The van der Waals surface area contributed by atoms with Gasteiger partial charge in [-0.05, 0) is 39.7 Å². The number of aliphatic hydroxyl groups is 2. The number of ketones is 1. The molecule has 1 amide bonds. The van der Waals surface area contributed by atoms with Crippen molar-refractivity contribution in [1.82, 2.24) is 4.90 Å². The number of hydrogen-bond acceptors (Lipinski definition) is 6. The highest BCUT2D eigenvalue weighted by atomic mass is 16.6. The minimum Gasteiger partial charge on any atom is -0.515 e. The maximum Gasteiger partial charge on any atom is 0.410 e. The molecule has 0 bridgehead atoms. The van der Waals surface area contributed by atoms with Crippen LogP contribution in [0.25, 0.3) is 0 Å². The molecule has 0 spiro atoms. The van der Waals surface area contributed by atoms with Crippen LogP contribution < -0.4 is 0 Å². The monoisotopic (exact) mass is 339 g/mol. The molecule has 2 aliphatic rings. The van der Waals surface area contributed by atoms with Gasteiger partial charge >= 0.3 is 6.09 Å². The zero-order valence-electron chi connectivity index (χ0n) is 14.5. The van der Waals surface area contributed by atoms with Crippen LogP contribution >= 0.6 is 0 Å². The molecular formula is C17H25NO6. The van der Waals surface area contributed by atoms with Gasteiger partial charge < -0.3 is 24.6 Å². The van der Waals surface area contributed by atoms with Gasteiger partial charge in [0.15, 0.2) is 12.1 Å². The number of likely N-dealkylation sites (tertiary alicyclic amines) is 1. The summed E-state index contributed by atoms with van der Waals surface area (Å²) in [6, 6.07) is 0. The summed E-state index contributed by atoms with van der Waals surface area (Å²) in [5.74, 6) is -0.280. The van der Waals surface area contributed by atoms with Crippen molar-refractivity contribution in [3.63, 3.8) is 0 Å². The molecule has 0 saturated carbocycles. The molecule has 24 heavy (non-hydrogen) atoms. The number of carbonyl (C=O) groups is 2. The van der Waals surface area contributed by atoms with E-state index in [2.05, 4.69) is 0 Å². The summed E-state index contributed by atoms with van der Waals surface area (Å²) < 4.78 is 10.5. The molecule has 1 unspecified atom stereocenters. The van der Waals surface area contributed by atoms with E-state index in [4.69, 9.17) is 9.47 Å². The Hall–Kier alpha value is -1.86. The largest absolute Gasteiger partial charge is 0.515 e. The smallest absolute Gasteiger partial charge is 0.410 e. The van der Waals surface area contributed by atoms with E-state index in [1.807, 2.05) is 0 Å². The van der Waals surface area contributed by atoms with E-state index >= 15 is 0 Å². The zero-order valence-corrected chi connectivity index (χ0v) is 14.5. The standard InChI is InChI=1S/C17H25NO6/c1-16(2,3)24-15(22)18-6-5-12-7-13(20)11(9-19)8-17(12,10-18)14(21)23-4/h7,9,14,19,21H,5-6,8,10H2,1-4H3/b11-9-/t14?,17-/m0/s1. The highest BCUT2D eigenvalue weighted by Crippen LogP contribution is 2.46. The molecule has 2 rings (SSSR count). The van der Waals surface area contributed by atoms with Gasteiger partial charge in [-0.25, -0.2) is 4.79 Å². The Balaban J connectivity index is 2.34. The van der Waals surface area contributed by atoms with Crippen molar-refractivity contribution in [1.29, 1.82) is 0 Å². The van der Waals surface area contributed by atoms with Gasteiger partial charge in [0.25, 0.3) is 0 Å². The van der Waals surface area contributed by atoms with Gasteiger partial charge in [-0.3, -0.25) is 4.79 Å². The number of ether oxygens (including phenoxy) is 2. The molecular weight excluding hydrogens is 314 g/mol. The van der Waals surface area contributed by atoms with E-state index in [1.165, 1.54) is 18.1 Å². The summed E-state index contributed by atoms with van der Waals surface area (Å²) in [7, 11) is 1.36. The molecule has 1 aliphatic heterocycles. The number of carbonyl (C=O) groups excluding carboxylic acids is 2. The summed E-state index contributed by atoms with van der Waals surface area (Å²) in [5.41, 5.74) is -0.682. The van der Waals surface area contributed by atoms with Crippen LogP contribution in [-0.2, 0) is 14.3 Å². The van der Waals surface area contributed by atoms with Crippen molar-refractivity contribution in [2.75, 3.05) is 20.2 Å². The molecule has 1 saturated heterocycles. The van der Waals surface area contributed by atoms with Crippen LogP contribution in [0, 0.1) is 5.41 Å². The second kappa shape index (κ2) is 6.57. The summed E-state index contributed by atoms with van der Waals surface area (Å²) in [4.78, 5) is 25.9. The average molecular weight is 339 g/mol. The molecule has 1 fully saturated rings. The Bertz CT molecular complexity index is 588. The van der Waals surface area contributed by atoms with Crippen molar-refractivity contribution in [3.05, 3.63) is 23.5 Å². The van der Waals surface area contributed by atoms with Gasteiger partial charge in [-0.1, -0.05) is 5.57 Å². The fraction of sp³-hybridized carbons (Fsp3) is 0.647. The summed E-state index contributed by atoms with van der Waals surface area (Å²) in [5, 5.41) is 19.7. The number of nitrogens with zero attached hydrogens (tertiary/aromatic N) is 1. The third-order valence-electron chi connectivity index (χ3n) is 4.39. The first kappa shape index (κ1) is 18.5. The van der Waals surface area contributed by atoms with E-state index in [9.17, 15) is 19.8 Å². The number of methoxy groups -OCH3 is 1. The number of aliphatic hydroxyl groups excluding tert-OH is 2. The number of piperidine rings is 1. The van der Waals surface area contributed by atoms with Crippen LogP contribution in [0.5, 0.6) is 0 Å². The van der Waals surface area contributed by atoms with E-state index in [-0.39, 0.29) is 24.3 Å². The number of fused-ring (bicyclic) bond motifs is 1. The number of hydrogen-bond donors (Lipinski definition) is 2. The van der Waals surface area contributed by atoms with Gasteiger partial charge in [0.2, 0.25) is 0 Å². The highest BCUT2D eigenvalue weighted by Gasteiger charge is 2.50. The van der Waals surface area contributed by atoms with Gasteiger partial charge in [0.05, 0.1) is 11.7 Å². The Labute approximate surface area is 141 Å². The van der Waals surface area contributed by atoms with Gasteiger partial charge in [-0.2, -0.15) is 0 Å². The molecule has 2 atom stereocenters. The highest BCUT2D eigenvalue weighted by molar-refractivity contribution is 6.05. The lowest BCUT2D eigenvalue weighted by molar-refractivity contribution is -0.158. The first-order chi connectivity index (χ1) is 11.1. The summed E-state index contributed by atoms with van der Waals surface area (Å²) >= 11 is 0. The van der Waals surface area contributed by atoms with Crippen molar-refractivity contribution >= 4 is 11.9 Å². The summed E-state index contributed by atoms with van der Waals surface area (Å²) in [6.45, 7) is 5.89. The van der Waals surface area contributed by atoms with Crippen LogP contribution in [0.2, 0.25) is 0 Å². The molecule has 7 heteroatoms. The van der Waals surface area contributed by atoms with Gasteiger partial charge in [0, 0.05) is 25.8 Å². The van der Waals surface area contributed by atoms with Crippen molar-refractivity contribution in [2.24, 2.45) is 5.41 Å². The maximum absolute atomic E-state index is 12.4. The fourth-order valence-corrected chi connectivity index (χ4v) is 3.23. The van der Waals surface area contributed by atoms with Crippen molar-refractivity contribution in [3.8, 4) is 0 Å². The predicted octanol–water partition coefficient (Wildman–Crippen LogP) is 1.92. The SMILES string of the molecule is COC(O)[C@]12C/C(=C/O)C(=O)C=C1CCN(C(=O)OC(C)(C)C)C2. The second-order valence-corrected chi connectivity index (χ2v) is 7.26. The second-order valence-electron chi connectivity index (χ2n) is 7.26. The van der Waals surface area contributed by atoms with Crippen LogP contribution in [0.3, 0.4) is 0 Å². The molecule has 0 aromatic carbocycles. The van der Waals surface area contributed by atoms with Crippen molar-refractivity contribution in [2.45, 2.75) is 45.5 Å². The van der Waals surface area contributed by atoms with Crippen molar-refractivity contribution < 1.29 is 29.3 Å². The topological polar surface area (TPSA) is 96.3 Å². The van der Waals surface area contributed by atoms with Crippen LogP contribution in [0.15, 0.2) is 23.5 Å². The Kier molecular flexibility index (Phi) is 5.05. The number of amides is 1. The van der Waals surface area contributed by atoms with Gasteiger partial charge in [0.1, 0.15) is 5.60 Å². The quantitative estimate of drug-likeness (QED) is 0.453. The molecule has 7 nitrogen and oxygen atoms in total. The molecule has 0 radical (unpaired) electrons. The predicted molar refractivity (Wildman–Crippen MR) is 86.3 cm³/mol. The molecule has 0 aromatic heterocycles. The third kappa shape index (κ3) is 3.47. The fourth-order valence-electron chi connectivity index (χ4n) is 3.23. The third-order valence-corrected chi connectivity index (χ3v) is 4.39. The minimum atomic E-state index is -1.21. The maximum atomic E-state index is 12.4. The Morgan fingerprint density at radius 1 is 1.46 bits per heavy atom. The number of allylic oxidation sites excluding steroid dienone is 2. The van der Waals surface area contributed by atoms with E-state index in [1.54, 1.807) is 20.8 Å².